The maximum absolute atomic E-state index is 13.3. The Bertz CT molecular complexity index is 1510. The number of amides is 1. The summed E-state index contributed by atoms with van der Waals surface area (Å²) in [4.78, 5) is 21.7. The van der Waals surface area contributed by atoms with E-state index in [4.69, 9.17) is 32.6 Å². The van der Waals surface area contributed by atoms with Crippen molar-refractivity contribution < 1.29 is 13.6 Å². The van der Waals surface area contributed by atoms with E-state index >= 15 is 0 Å². The fourth-order valence-corrected chi connectivity index (χ4v) is 4.05. The van der Waals surface area contributed by atoms with Crippen LogP contribution < -0.4 is 5.32 Å². The molecule has 1 N–H and O–H groups in total. The summed E-state index contributed by atoms with van der Waals surface area (Å²) in [6, 6.07) is 19.7. The number of halogens is 3. The molecule has 35 heavy (non-hydrogen) atoms. The SMILES string of the molecule is O=C(CCc1oc(-n2cnc3ccccc32)nc1-c1ccc(Cl)cc1)NCc1ccc(F)c(Cl)c1. The highest BCUT2D eigenvalue weighted by Gasteiger charge is 2.19. The molecule has 176 valence electrons. The minimum atomic E-state index is -0.497. The van der Waals surface area contributed by atoms with E-state index in [1.807, 2.05) is 36.4 Å². The van der Waals surface area contributed by atoms with Crippen molar-refractivity contribution in [3.63, 3.8) is 0 Å². The van der Waals surface area contributed by atoms with Gasteiger partial charge in [0, 0.05) is 30.0 Å². The quantitative estimate of drug-likeness (QED) is 0.277. The molecule has 5 rings (SSSR count). The Balaban J connectivity index is 1.37. The molecule has 9 heteroatoms. The molecule has 3 aromatic carbocycles. The number of benzene rings is 3. The zero-order valence-electron chi connectivity index (χ0n) is 18.3. The molecule has 0 aliphatic carbocycles. The molecule has 0 radical (unpaired) electrons. The van der Waals surface area contributed by atoms with E-state index in [0.29, 0.717) is 34.5 Å². The first-order valence-corrected chi connectivity index (χ1v) is 11.6. The van der Waals surface area contributed by atoms with Crippen LogP contribution in [0.1, 0.15) is 17.7 Å². The van der Waals surface area contributed by atoms with Gasteiger partial charge in [0.15, 0.2) is 0 Å². The minimum absolute atomic E-state index is 0.0190. The monoisotopic (exact) mass is 508 g/mol. The summed E-state index contributed by atoms with van der Waals surface area (Å²) in [6.45, 7) is 0.242. The van der Waals surface area contributed by atoms with E-state index in [1.165, 1.54) is 12.1 Å². The first-order valence-electron chi connectivity index (χ1n) is 10.9. The first kappa shape index (κ1) is 23.1. The van der Waals surface area contributed by atoms with Gasteiger partial charge in [0.05, 0.1) is 16.1 Å². The molecular formula is C26H19Cl2FN4O2. The van der Waals surface area contributed by atoms with Crippen molar-refractivity contribution in [1.29, 1.82) is 0 Å². The normalized spacial score (nSPS) is 11.2. The fourth-order valence-electron chi connectivity index (χ4n) is 3.72. The van der Waals surface area contributed by atoms with Crippen molar-refractivity contribution in [2.45, 2.75) is 19.4 Å². The van der Waals surface area contributed by atoms with E-state index in [2.05, 4.69) is 10.3 Å². The number of aromatic nitrogens is 3. The lowest BCUT2D eigenvalue weighted by molar-refractivity contribution is -0.121. The molecule has 0 aliphatic rings. The Hall–Kier alpha value is -3.68. The lowest BCUT2D eigenvalue weighted by Gasteiger charge is -2.06. The van der Waals surface area contributed by atoms with Crippen molar-refractivity contribution in [3.05, 3.63) is 100 Å². The van der Waals surface area contributed by atoms with Crippen molar-refractivity contribution in [3.8, 4) is 17.3 Å². The molecular weight excluding hydrogens is 490 g/mol. The summed E-state index contributed by atoms with van der Waals surface area (Å²) >= 11 is 11.9. The molecule has 1 amide bonds. The van der Waals surface area contributed by atoms with Gasteiger partial charge in [-0.15, -0.1) is 0 Å². The standard InChI is InChI=1S/C26H19Cl2FN4O2/c27-18-8-6-17(7-9-18)25-23(11-12-24(34)30-14-16-5-10-20(29)19(28)13-16)35-26(32-25)33-15-31-21-3-1-2-4-22(21)33/h1-10,13,15H,11-12,14H2,(H,30,34). The van der Waals surface area contributed by atoms with Gasteiger partial charge in [-0.25, -0.2) is 9.37 Å². The number of carbonyl (C=O) groups excluding carboxylic acids is 1. The fraction of sp³-hybridized carbons (Fsp3) is 0.115. The third kappa shape index (κ3) is 5.06. The molecule has 2 aromatic heterocycles. The lowest BCUT2D eigenvalue weighted by Crippen LogP contribution is -2.23. The van der Waals surface area contributed by atoms with Crippen molar-refractivity contribution in [1.82, 2.24) is 19.9 Å². The van der Waals surface area contributed by atoms with E-state index < -0.39 is 5.82 Å². The number of para-hydroxylation sites is 2. The highest BCUT2D eigenvalue weighted by molar-refractivity contribution is 6.31. The zero-order chi connectivity index (χ0) is 24.4. The number of fused-ring (bicyclic) bond motifs is 1. The average molecular weight is 509 g/mol. The molecule has 0 saturated carbocycles. The maximum atomic E-state index is 13.3. The van der Waals surface area contributed by atoms with Crippen LogP contribution in [0, 0.1) is 5.82 Å². The summed E-state index contributed by atoms with van der Waals surface area (Å²) in [6.07, 6.45) is 2.16. The Morgan fingerprint density at radius 3 is 2.66 bits per heavy atom. The summed E-state index contributed by atoms with van der Waals surface area (Å²) in [5, 5.41) is 3.46. The second-order valence-corrected chi connectivity index (χ2v) is 8.75. The Morgan fingerprint density at radius 1 is 1.06 bits per heavy atom. The molecule has 0 aliphatic heterocycles. The third-order valence-electron chi connectivity index (χ3n) is 5.52. The summed E-state index contributed by atoms with van der Waals surface area (Å²) < 4.78 is 21.3. The molecule has 0 fully saturated rings. The van der Waals surface area contributed by atoms with Crippen LogP contribution in [0.25, 0.3) is 28.3 Å². The number of nitrogens with one attached hydrogen (secondary N) is 1. The second kappa shape index (κ2) is 9.90. The van der Waals surface area contributed by atoms with E-state index in [1.54, 1.807) is 29.1 Å². The van der Waals surface area contributed by atoms with Crippen molar-refractivity contribution in [2.75, 3.05) is 0 Å². The predicted molar refractivity (Wildman–Crippen MR) is 133 cm³/mol. The Labute approximate surface area is 210 Å². The highest BCUT2D eigenvalue weighted by Crippen LogP contribution is 2.29. The number of carbonyl (C=O) groups is 1. The van der Waals surface area contributed by atoms with Crippen LogP contribution in [0.4, 0.5) is 4.39 Å². The minimum Gasteiger partial charge on any atom is -0.427 e. The van der Waals surface area contributed by atoms with E-state index in [-0.39, 0.29) is 23.9 Å². The van der Waals surface area contributed by atoms with Crippen LogP contribution in [0.5, 0.6) is 0 Å². The van der Waals surface area contributed by atoms with Crippen LogP contribution in [0.3, 0.4) is 0 Å². The molecule has 5 aromatic rings. The number of oxazole rings is 1. The average Bonchev–Trinajstić information content (AvgIpc) is 3.48. The number of imidazole rings is 1. The van der Waals surface area contributed by atoms with Gasteiger partial charge >= 0.3 is 6.01 Å². The molecule has 2 heterocycles. The van der Waals surface area contributed by atoms with Gasteiger partial charge in [-0.3, -0.25) is 9.36 Å². The van der Waals surface area contributed by atoms with Gasteiger partial charge in [0.2, 0.25) is 5.91 Å². The molecule has 0 saturated heterocycles. The Morgan fingerprint density at radius 2 is 1.86 bits per heavy atom. The molecule has 0 unspecified atom stereocenters. The van der Waals surface area contributed by atoms with Gasteiger partial charge in [0.1, 0.15) is 23.6 Å². The van der Waals surface area contributed by atoms with Gasteiger partial charge in [-0.05, 0) is 42.0 Å². The van der Waals surface area contributed by atoms with Crippen molar-refractivity contribution >= 4 is 40.1 Å². The maximum Gasteiger partial charge on any atom is 0.308 e. The van der Waals surface area contributed by atoms with E-state index in [0.717, 1.165) is 16.6 Å². The molecule has 0 spiro atoms. The smallest absolute Gasteiger partial charge is 0.308 e. The largest absolute Gasteiger partial charge is 0.427 e. The third-order valence-corrected chi connectivity index (χ3v) is 6.06. The lowest BCUT2D eigenvalue weighted by atomic mass is 10.1. The topological polar surface area (TPSA) is 73.0 Å². The number of nitrogens with zero attached hydrogens (tertiary/aromatic N) is 3. The van der Waals surface area contributed by atoms with Crippen LogP contribution in [-0.4, -0.2) is 20.4 Å². The van der Waals surface area contributed by atoms with Gasteiger partial charge in [-0.1, -0.05) is 53.5 Å². The summed E-state index contributed by atoms with van der Waals surface area (Å²) in [5.41, 5.74) is 3.84. The Kier molecular flexibility index (Phi) is 6.53. The second-order valence-electron chi connectivity index (χ2n) is 7.90. The van der Waals surface area contributed by atoms with Crippen LogP contribution in [-0.2, 0) is 17.8 Å². The van der Waals surface area contributed by atoms with Crippen molar-refractivity contribution in [2.24, 2.45) is 0 Å². The summed E-state index contributed by atoms with van der Waals surface area (Å²) in [7, 11) is 0. The van der Waals surface area contributed by atoms with Gasteiger partial charge in [0.25, 0.3) is 0 Å². The first-order chi connectivity index (χ1) is 17.0. The number of hydrogen-bond acceptors (Lipinski definition) is 4. The molecule has 6 nitrogen and oxygen atoms in total. The number of aryl methyl sites for hydroxylation is 1. The summed E-state index contributed by atoms with van der Waals surface area (Å²) in [5.74, 6) is -0.109. The molecule has 0 bridgehead atoms. The zero-order valence-corrected chi connectivity index (χ0v) is 19.9. The van der Waals surface area contributed by atoms with Crippen LogP contribution >= 0.6 is 23.2 Å². The van der Waals surface area contributed by atoms with Gasteiger partial charge in [-0.2, -0.15) is 4.98 Å². The predicted octanol–water partition coefficient (Wildman–Crippen LogP) is 6.38. The van der Waals surface area contributed by atoms with Crippen LogP contribution in [0.15, 0.2) is 77.5 Å². The van der Waals surface area contributed by atoms with Crippen LogP contribution in [0.2, 0.25) is 10.0 Å². The molecule has 0 atom stereocenters. The highest BCUT2D eigenvalue weighted by atomic mass is 35.5. The number of hydrogen-bond donors (Lipinski definition) is 1. The number of rotatable bonds is 7. The van der Waals surface area contributed by atoms with E-state index in [9.17, 15) is 9.18 Å². The van der Waals surface area contributed by atoms with Gasteiger partial charge < -0.3 is 9.73 Å².